The Hall–Kier alpha value is -2.11. The minimum Gasteiger partial charge on any atom is -0.466 e. The van der Waals surface area contributed by atoms with Gasteiger partial charge in [0, 0.05) is 30.9 Å². The number of rotatable bonds is 3. The molecule has 0 N–H and O–H groups in total. The van der Waals surface area contributed by atoms with Crippen molar-refractivity contribution in [3.63, 3.8) is 0 Å². The van der Waals surface area contributed by atoms with E-state index in [0.717, 1.165) is 5.69 Å². The average molecular weight is 320 g/mol. The lowest BCUT2D eigenvalue weighted by Gasteiger charge is -2.24. The molecule has 1 amide bonds. The van der Waals surface area contributed by atoms with Crippen molar-refractivity contribution in [1.82, 2.24) is 9.88 Å². The number of esters is 1. The molecule has 0 aliphatic carbocycles. The van der Waals surface area contributed by atoms with Crippen LogP contribution in [-0.2, 0) is 14.3 Å². The SMILES string of the molecule is CCOC(=O)[C@H]1CN(C(=O)OC(C)(C)C)C[C@@H]1c1ccccn1. The lowest BCUT2D eigenvalue weighted by Crippen LogP contribution is -2.36. The van der Waals surface area contributed by atoms with Crippen LogP contribution >= 0.6 is 0 Å². The van der Waals surface area contributed by atoms with Crippen LogP contribution in [0.1, 0.15) is 39.3 Å². The van der Waals surface area contributed by atoms with Gasteiger partial charge in [-0.1, -0.05) is 6.07 Å². The molecule has 0 bridgehead atoms. The molecule has 1 saturated heterocycles. The van der Waals surface area contributed by atoms with Crippen LogP contribution in [0.5, 0.6) is 0 Å². The summed E-state index contributed by atoms with van der Waals surface area (Å²) in [5.41, 5.74) is 0.219. The Kier molecular flexibility index (Phi) is 5.23. The Labute approximate surface area is 136 Å². The third-order valence-corrected chi connectivity index (χ3v) is 3.63. The number of hydrogen-bond acceptors (Lipinski definition) is 5. The molecule has 0 saturated carbocycles. The van der Waals surface area contributed by atoms with E-state index in [0.29, 0.717) is 13.2 Å². The molecule has 126 valence electrons. The Bertz CT molecular complexity index is 553. The Morgan fingerprint density at radius 3 is 2.61 bits per heavy atom. The maximum Gasteiger partial charge on any atom is 0.410 e. The molecule has 23 heavy (non-hydrogen) atoms. The van der Waals surface area contributed by atoms with E-state index < -0.39 is 17.6 Å². The van der Waals surface area contributed by atoms with E-state index in [4.69, 9.17) is 9.47 Å². The molecular formula is C17H24N2O4. The number of hydrogen-bond donors (Lipinski definition) is 0. The summed E-state index contributed by atoms with van der Waals surface area (Å²) >= 11 is 0. The van der Waals surface area contributed by atoms with Gasteiger partial charge in [-0.05, 0) is 39.8 Å². The van der Waals surface area contributed by atoms with Crippen molar-refractivity contribution in [3.8, 4) is 0 Å². The van der Waals surface area contributed by atoms with Gasteiger partial charge >= 0.3 is 12.1 Å². The zero-order valence-electron chi connectivity index (χ0n) is 14.1. The predicted octanol–water partition coefficient (Wildman–Crippen LogP) is 2.60. The van der Waals surface area contributed by atoms with Crippen LogP contribution in [0.25, 0.3) is 0 Å². The number of amides is 1. The Morgan fingerprint density at radius 2 is 2.04 bits per heavy atom. The molecule has 0 unspecified atom stereocenters. The van der Waals surface area contributed by atoms with Gasteiger partial charge in [0.15, 0.2) is 0 Å². The van der Waals surface area contributed by atoms with Crippen LogP contribution in [0.15, 0.2) is 24.4 Å². The van der Waals surface area contributed by atoms with Crippen LogP contribution in [0, 0.1) is 5.92 Å². The van der Waals surface area contributed by atoms with E-state index in [1.165, 1.54) is 0 Å². The molecule has 6 nitrogen and oxygen atoms in total. The van der Waals surface area contributed by atoms with Crippen molar-refractivity contribution in [2.75, 3.05) is 19.7 Å². The molecule has 0 spiro atoms. The number of nitrogens with zero attached hydrogens (tertiary/aromatic N) is 2. The summed E-state index contributed by atoms with van der Waals surface area (Å²) in [5, 5.41) is 0. The maximum atomic E-state index is 12.3. The predicted molar refractivity (Wildman–Crippen MR) is 84.9 cm³/mol. The molecule has 2 rings (SSSR count). The fourth-order valence-electron chi connectivity index (χ4n) is 2.66. The summed E-state index contributed by atoms with van der Waals surface area (Å²) in [7, 11) is 0. The minimum absolute atomic E-state index is 0.178. The lowest BCUT2D eigenvalue weighted by atomic mass is 9.92. The normalized spacial score (nSPS) is 21.1. The number of likely N-dealkylation sites (tertiary alicyclic amines) is 1. The van der Waals surface area contributed by atoms with Crippen LogP contribution in [0.3, 0.4) is 0 Å². The molecule has 2 atom stereocenters. The Morgan fingerprint density at radius 1 is 1.30 bits per heavy atom. The summed E-state index contributed by atoms with van der Waals surface area (Å²) in [6, 6.07) is 5.57. The fraction of sp³-hybridized carbons (Fsp3) is 0.588. The van der Waals surface area contributed by atoms with Gasteiger partial charge in [-0.2, -0.15) is 0 Å². The van der Waals surface area contributed by atoms with E-state index in [1.807, 2.05) is 39.0 Å². The topological polar surface area (TPSA) is 68.7 Å². The molecular weight excluding hydrogens is 296 g/mol. The van der Waals surface area contributed by atoms with Crippen molar-refractivity contribution in [2.45, 2.75) is 39.2 Å². The van der Waals surface area contributed by atoms with E-state index >= 15 is 0 Å². The molecule has 1 aromatic rings. The first-order valence-corrected chi connectivity index (χ1v) is 7.87. The first-order chi connectivity index (χ1) is 10.8. The fourth-order valence-corrected chi connectivity index (χ4v) is 2.66. The van der Waals surface area contributed by atoms with Crippen molar-refractivity contribution in [3.05, 3.63) is 30.1 Å². The molecule has 1 fully saturated rings. The largest absolute Gasteiger partial charge is 0.466 e. The summed E-state index contributed by atoms with van der Waals surface area (Å²) in [5.74, 6) is -0.894. The van der Waals surface area contributed by atoms with Crippen molar-refractivity contribution < 1.29 is 19.1 Å². The average Bonchev–Trinajstić information content (AvgIpc) is 2.92. The molecule has 2 heterocycles. The number of aromatic nitrogens is 1. The van der Waals surface area contributed by atoms with Gasteiger partial charge in [0.25, 0.3) is 0 Å². The van der Waals surface area contributed by atoms with Gasteiger partial charge in [-0.15, -0.1) is 0 Å². The number of pyridine rings is 1. The van der Waals surface area contributed by atoms with Crippen molar-refractivity contribution in [2.24, 2.45) is 5.92 Å². The van der Waals surface area contributed by atoms with Gasteiger partial charge in [0.2, 0.25) is 0 Å². The summed E-state index contributed by atoms with van der Waals surface area (Å²) < 4.78 is 10.6. The van der Waals surface area contributed by atoms with E-state index in [-0.39, 0.29) is 18.4 Å². The molecule has 1 aliphatic heterocycles. The van der Waals surface area contributed by atoms with Crippen molar-refractivity contribution in [1.29, 1.82) is 0 Å². The van der Waals surface area contributed by atoms with E-state index in [9.17, 15) is 9.59 Å². The monoisotopic (exact) mass is 320 g/mol. The van der Waals surface area contributed by atoms with Gasteiger partial charge < -0.3 is 14.4 Å². The molecule has 0 aromatic carbocycles. The zero-order chi connectivity index (χ0) is 17.0. The Balaban J connectivity index is 2.18. The maximum absolute atomic E-state index is 12.3. The molecule has 0 radical (unpaired) electrons. The highest BCUT2D eigenvalue weighted by atomic mass is 16.6. The van der Waals surface area contributed by atoms with E-state index in [2.05, 4.69) is 4.98 Å². The van der Waals surface area contributed by atoms with Crippen LogP contribution in [-0.4, -0.2) is 47.2 Å². The highest BCUT2D eigenvalue weighted by Crippen LogP contribution is 2.33. The molecule has 1 aromatic heterocycles. The summed E-state index contributed by atoms with van der Waals surface area (Å²) in [6.45, 7) is 8.23. The second-order valence-corrected chi connectivity index (χ2v) is 6.60. The van der Waals surface area contributed by atoms with Gasteiger partial charge in [0.05, 0.1) is 12.5 Å². The second kappa shape index (κ2) is 6.98. The highest BCUT2D eigenvalue weighted by molar-refractivity contribution is 5.77. The quantitative estimate of drug-likeness (QED) is 0.801. The third-order valence-electron chi connectivity index (χ3n) is 3.63. The van der Waals surface area contributed by atoms with Gasteiger partial charge in [-0.25, -0.2) is 4.79 Å². The van der Waals surface area contributed by atoms with Gasteiger partial charge in [-0.3, -0.25) is 9.78 Å². The van der Waals surface area contributed by atoms with Crippen molar-refractivity contribution >= 4 is 12.1 Å². The first kappa shape index (κ1) is 17.2. The number of ether oxygens (including phenoxy) is 2. The smallest absolute Gasteiger partial charge is 0.410 e. The first-order valence-electron chi connectivity index (χ1n) is 7.87. The van der Waals surface area contributed by atoms with Crippen LogP contribution in [0.2, 0.25) is 0 Å². The van der Waals surface area contributed by atoms with Crippen LogP contribution < -0.4 is 0 Å². The van der Waals surface area contributed by atoms with Crippen LogP contribution in [0.4, 0.5) is 4.79 Å². The van der Waals surface area contributed by atoms with Gasteiger partial charge in [0.1, 0.15) is 5.60 Å². The molecule has 6 heteroatoms. The highest BCUT2D eigenvalue weighted by Gasteiger charge is 2.43. The van der Waals surface area contributed by atoms with E-state index in [1.54, 1.807) is 18.0 Å². The lowest BCUT2D eigenvalue weighted by molar-refractivity contribution is -0.147. The zero-order valence-corrected chi connectivity index (χ0v) is 14.1. The second-order valence-electron chi connectivity index (χ2n) is 6.60. The minimum atomic E-state index is -0.570. The number of carbonyl (C=O) groups is 2. The summed E-state index contributed by atoms with van der Waals surface area (Å²) in [4.78, 5) is 30.4. The molecule has 1 aliphatic rings. The summed E-state index contributed by atoms with van der Waals surface area (Å²) in [6.07, 6.45) is 1.28. The standard InChI is InChI=1S/C17H24N2O4/c1-5-22-15(20)13-11-19(16(21)23-17(2,3)4)10-12(13)14-8-6-7-9-18-14/h6-9,12-13H,5,10-11H2,1-4H3/t12-,13-/m0/s1. The number of carbonyl (C=O) groups excluding carboxylic acids is 2. The third kappa shape index (κ3) is 4.43.